The van der Waals surface area contributed by atoms with Crippen molar-refractivity contribution >= 4 is 62.3 Å². The van der Waals surface area contributed by atoms with Crippen molar-refractivity contribution in [2.75, 3.05) is 10.8 Å². The highest BCUT2D eigenvalue weighted by Gasteiger charge is 2.33. The lowest BCUT2D eigenvalue weighted by Crippen LogP contribution is -2.52. The van der Waals surface area contributed by atoms with Crippen molar-refractivity contribution in [3.05, 3.63) is 92.9 Å². The molecule has 0 heterocycles. The summed E-state index contributed by atoms with van der Waals surface area (Å²) in [7, 11) is -4.22. The summed E-state index contributed by atoms with van der Waals surface area (Å²) in [6, 6.07) is 16.6. The van der Waals surface area contributed by atoms with E-state index in [4.69, 9.17) is 34.8 Å². The minimum absolute atomic E-state index is 0.00260. The van der Waals surface area contributed by atoms with E-state index in [2.05, 4.69) is 5.32 Å². The Morgan fingerprint density at radius 1 is 0.900 bits per heavy atom. The number of hydrogen-bond acceptors (Lipinski definition) is 4. The molecule has 2 amide bonds. The molecule has 0 bridgehead atoms. The average Bonchev–Trinajstić information content (AvgIpc) is 2.92. The number of halogens is 3. The van der Waals surface area contributed by atoms with Crippen LogP contribution in [-0.4, -0.2) is 43.8 Å². The molecule has 0 saturated heterocycles. The molecule has 2 atom stereocenters. The van der Waals surface area contributed by atoms with Gasteiger partial charge in [0.15, 0.2) is 0 Å². The Hall–Kier alpha value is -2.78. The molecule has 0 aliphatic rings. The normalized spacial score (nSPS) is 12.9. The van der Waals surface area contributed by atoms with Gasteiger partial charge in [0.25, 0.3) is 10.0 Å². The second-order valence-corrected chi connectivity index (χ2v) is 12.6. The van der Waals surface area contributed by atoms with Gasteiger partial charge in [-0.25, -0.2) is 8.42 Å². The van der Waals surface area contributed by atoms with E-state index in [0.29, 0.717) is 17.0 Å². The standard InChI is InChI=1S/C29H32Cl3N3O4S/c1-5-20(3)33-29(37)21(4)34(17-22-8-6-7-9-25(22)30)28(36)18-35(23-12-15-26(31)27(32)16-23)40(38,39)24-13-10-19(2)11-14-24/h6-16,20-21H,5,17-18H2,1-4H3,(H,33,37)/t20-,21-/m0/s1. The summed E-state index contributed by atoms with van der Waals surface area (Å²) in [4.78, 5) is 28.4. The third-order valence-electron chi connectivity index (χ3n) is 6.55. The molecule has 0 spiro atoms. The van der Waals surface area contributed by atoms with Crippen LogP contribution >= 0.6 is 34.8 Å². The van der Waals surface area contributed by atoms with Crippen LogP contribution in [0.3, 0.4) is 0 Å². The second kappa shape index (κ2) is 13.7. The summed E-state index contributed by atoms with van der Waals surface area (Å²) >= 11 is 18.7. The number of hydrogen-bond donors (Lipinski definition) is 1. The van der Waals surface area contributed by atoms with Crippen LogP contribution in [0.15, 0.2) is 71.6 Å². The Kier molecular flexibility index (Phi) is 10.9. The van der Waals surface area contributed by atoms with Gasteiger partial charge in [-0.2, -0.15) is 0 Å². The molecule has 0 saturated carbocycles. The van der Waals surface area contributed by atoms with E-state index >= 15 is 0 Å². The zero-order valence-electron chi connectivity index (χ0n) is 22.7. The number of anilines is 1. The molecule has 3 aromatic rings. The molecule has 0 aliphatic heterocycles. The van der Waals surface area contributed by atoms with Gasteiger partial charge in [-0.15, -0.1) is 0 Å². The average molecular weight is 625 g/mol. The van der Waals surface area contributed by atoms with Gasteiger partial charge in [-0.1, -0.05) is 77.6 Å². The van der Waals surface area contributed by atoms with E-state index in [1.165, 1.54) is 35.2 Å². The maximum absolute atomic E-state index is 14.0. The fourth-order valence-electron chi connectivity index (χ4n) is 3.86. The monoisotopic (exact) mass is 623 g/mol. The maximum atomic E-state index is 14.0. The smallest absolute Gasteiger partial charge is 0.264 e. The summed E-state index contributed by atoms with van der Waals surface area (Å²) in [6.07, 6.45) is 0.705. The van der Waals surface area contributed by atoms with Crippen molar-refractivity contribution in [3.63, 3.8) is 0 Å². The van der Waals surface area contributed by atoms with Gasteiger partial charge in [0.1, 0.15) is 12.6 Å². The summed E-state index contributed by atoms with van der Waals surface area (Å²) in [5, 5.41) is 3.68. The van der Waals surface area contributed by atoms with Gasteiger partial charge in [-0.05, 0) is 69.2 Å². The molecule has 1 N–H and O–H groups in total. The van der Waals surface area contributed by atoms with E-state index in [1.807, 2.05) is 20.8 Å². The van der Waals surface area contributed by atoms with Crippen LogP contribution in [0, 0.1) is 6.92 Å². The zero-order valence-corrected chi connectivity index (χ0v) is 25.8. The van der Waals surface area contributed by atoms with Gasteiger partial charge >= 0.3 is 0 Å². The van der Waals surface area contributed by atoms with Crippen LogP contribution in [0.2, 0.25) is 15.1 Å². The number of sulfonamides is 1. The van der Waals surface area contributed by atoms with Crippen molar-refractivity contribution < 1.29 is 18.0 Å². The highest BCUT2D eigenvalue weighted by atomic mass is 35.5. The third kappa shape index (κ3) is 7.69. The second-order valence-electron chi connectivity index (χ2n) is 9.53. The summed E-state index contributed by atoms with van der Waals surface area (Å²) in [6.45, 7) is 6.64. The lowest BCUT2D eigenvalue weighted by atomic mass is 10.1. The number of benzene rings is 3. The fourth-order valence-corrected chi connectivity index (χ4v) is 5.76. The number of aryl methyl sites for hydroxylation is 1. The summed E-state index contributed by atoms with van der Waals surface area (Å²) in [5.41, 5.74) is 1.64. The molecule has 40 heavy (non-hydrogen) atoms. The molecule has 0 fully saturated rings. The van der Waals surface area contributed by atoms with Gasteiger partial charge in [0, 0.05) is 17.6 Å². The topological polar surface area (TPSA) is 86.8 Å². The first-order valence-corrected chi connectivity index (χ1v) is 15.3. The SMILES string of the molecule is CC[C@H](C)NC(=O)[C@H](C)N(Cc1ccccc1Cl)C(=O)CN(c1ccc(Cl)c(Cl)c1)S(=O)(=O)c1ccc(C)cc1. The first-order valence-electron chi connectivity index (χ1n) is 12.7. The first-order chi connectivity index (χ1) is 18.8. The molecule has 0 aliphatic carbocycles. The van der Waals surface area contributed by atoms with Crippen LogP contribution in [0.5, 0.6) is 0 Å². The van der Waals surface area contributed by atoms with E-state index in [1.54, 1.807) is 43.3 Å². The predicted molar refractivity (Wildman–Crippen MR) is 162 cm³/mol. The summed E-state index contributed by atoms with van der Waals surface area (Å²) < 4.78 is 28.7. The Morgan fingerprint density at radius 2 is 1.55 bits per heavy atom. The van der Waals surface area contributed by atoms with Crippen LogP contribution in [0.25, 0.3) is 0 Å². The van der Waals surface area contributed by atoms with E-state index in [9.17, 15) is 18.0 Å². The van der Waals surface area contributed by atoms with Gasteiger partial charge in [0.05, 0.1) is 20.6 Å². The van der Waals surface area contributed by atoms with Crippen molar-refractivity contribution in [3.8, 4) is 0 Å². The molecule has 0 unspecified atom stereocenters. The molecule has 3 aromatic carbocycles. The number of carbonyl (C=O) groups excluding carboxylic acids is 2. The highest BCUT2D eigenvalue weighted by Crippen LogP contribution is 2.31. The predicted octanol–water partition coefficient (Wildman–Crippen LogP) is 6.48. The molecular weight excluding hydrogens is 593 g/mol. The largest absolute Gasteiger partial charge is 0.352 e. The highest BCUT2D eigenvalue weighted by molar-refractivity contribution is 7.92. The maximum Gasteiger partial charge on any atom is 0.264 e. The van der Waals surface area contributed by atoms with E-state index < -0.39 is 28.5 Å². The Labute approximate surface area is 251 Å². The van der Waals surface area contributed by atoms with Crippen molar-refractivity contribution in [2.45, 2.75) is 57.6 Å². The van der Waals surface area contributed by atoms with Crippen molar-refractivity contribution in [2.24, 2.45) is 0 Å². The lowest BCUT2D eigenvalue weighted by molar-refractivity contribution is -0.139. The van der Waals surface area contributed by atoms with E-state index in [0.717, 1.165) is 9.87 Å². The van der Waals surface area contributed by atoms with Gasteiger partial charge < -0.3 is 10.2 Å². The van der Waals surface area contributed by atoms with Crippen LogP contribution < -0.4 is 9.62 Å². The van der Waals surface area contributed by atoms with E-state index in [-0.39, 0.29) is 39.1 Å². The number of nitrogens with zero attached hydrogens (tertiary/aromatic N) is 2. The Morgan fingerprint density at radius 3 is 2.15 bits per heavy atom. The zero-order chi connectivity index (χ0) is 29.6. The van der Waals surface area contributed by atoms with Crippen molar-refractivity contribution in [1.29, 1.82) is 0 Å². The fraction of sp³-hybridized carbons (Fsp3) is 0.310. The van der Waals surface area contributed by atoms with Gasteiger partial charge in [0.2, 0.25) is 11.8 Å². The Balaban J connectivity index is 2.06. The summed E-state index contributed by atoms with van der Waals surface area (Å²) in [5.74, 6) is -0.967. The quantitative estimate of drug-likeness (QED) is 0.265. The number of nitrogens with one attached hydrogen (secondary N) is 1. The molecule has 0 radical (unpaired) electrons. The molecule has 11 heteroatoms. The minimum atomic E-state index is -4.22. The number of amides is 2. The molecular formula is C29H32Cl3N3O4S. The number of carbonyl (C=O) groups is 2. The molecule has 7 nitrogen and oxygen atoms in total. The molecule has 214 valence electrons. The minimum Gasteiger partial charge on any atom is -0.352 e. The van der Waals surface area contributed by atoms with Crippen LogP contribution in [-0.2, 0) is 26.2 Å². The molecule has 0 aromatic heterocycles. The third-order valence-corrected chi connectivity index (χ3v) is 9.44. The van der Waals surface area contributed by atoms with Crippen LogP contribution in [0.4, 0.5) is 5.69 Å². The number of rotatable bonds is 11. The van der Waals surface area contributed by atoms with Gasteiger partial charge in [-0.3, -0.25) is 13.9 Å². The molecule has 3 rings (SSSR count). The first kappa shape index (κ1) is 31.7. The Bertz CT molecular complexity index is 1470. The lowest BCUT2D eigenvalue weighted by Gasteiger charge is -2.32. The van der Waals surface area contributed by atoms with Crippen LogP contribution in [0.1, 0.15) is 38.3 Å². The van der Waals surface area contributed by atoms with Crippen molar-refractivity contribution in [1.82, 2.24) is 10.2 Å².